The second-order valence-corrected chi connectivity index (χ2v) is 6.72. The van der Waals surface area contributed by atoms with Gasteiger partial charge in [0.05, 0.1) is 18.4 Å². The topological polar surface area (TPSA) is 82.8 Å². The Morgan fingerprint density at radius 2 is 2.12 bits per heavy atom. The lowest BCUT2D eigenvalue weighted by Crippen LogP contribution is -2.41. The highest BCUT2D eigenvalue weighted by Crippen LogP contribution is 2.33. The van der Waals surface area contributed by atoms with Crippen LogP contribution in [0.4, 0.5) is 5.69 Å². The third-order valence-corrected chi connectivity index (χ3v) is 4.83. The fourth-order valence-corrected chi connectivity index (χ4v) is 3.47. The van der Waals surface area contributed by atoms with Crippen molar-refractivity contribution in [1.82, 2.24) is 5.32 Å². The molecular formula is C20H24N2O4. The van der Waals surface area contributed by atoms with Gasteiger partial charge in [-0.15, -0.1) is 0 Å². The molecule has 0 spiro atoms. The van der Waals surface area contributed by atoms with Gasteiger partial charge in [0.15, 0.2) is 0 Å². The van der Waals surface area contributed by atoms with Gasteiger partial charge in [-0.2, -0.15) is 0 Å². The number of rotatable bonds is 7. The Kier molecular flexibility index (Phi) is 5.30. The van der Waals surface area contributed by atoms with Crippen molar-refractivity contribution < 1.29 is 19.1 Å². The molecule has 0 radical (unpaired) electrons. The highest BCUT2D eigenvalue weighted by molar-refractivity contribution is 5.97. The fraction of sp³-hybridized carbons (Fsp3) is 0.400. The van der Waals surface area contributed by atoms with Crippen LogP contribution in [-0.2, 0) is 17.8 Å². The second-order valence-electron chi connectivity index (χ2n) is 6.72. The molecule has 1 aromatic carbocycles. The van der Waals surface area contributed by atoms with Gasteiger partial charge in [-0.1, -0.05) is 31.5 Å². The summed E-state index contributed by atoms with van der Waals surface area (Å²) in [6, 6.07) is 9.24. The molecule has 2 heterocycles. The molecule has 0 saturated heterocycles. The van der Waals surface area contributed by atoms with Gasteiger partial charge in [-0.05, 0) is 37.5 Å². The summed E-state index contributed by atoms with van der Waals surface area (Å²) >= 11 is 0. The molecule has 0 saturated carbocycles. The summed E-state index contributed by atoms with van der Waals surface area (Å²) in [6.45, 7) is 4.50. The maximum absolute atomic E-state index is 12.6. The van der Waals surface area contributed by atoms with Crippen LogP contribution in [0.5, 0.6) is 0 Å². The number of carboxylic acid groups (broad SMARTS) is 1. The van der Waals surface area contributed by atoms with Crippen LogP contribution in [0.3, 0.4) is 0 Å². The van der Waals surface area contributed by atoms with E-state index in [9.17, 15) is 14.7 Å². The molecule has 6 heteroatoms. The number of benzene rings is 1. The van der Waals surface area contributed by atoms with E-state index in [2.05, 4.69) is 29.3 Å². The number of furan rings is 1. The van der Waals surface area contributed by atoms with Gasteiger partial charge >= 0.3 is 5.97 Å². The maximum atomic E-state index is 12.6. The van der Waals surface area contributed by atoms with Crippen molar-refractivity contribution in [2.45, 2.75) is 51.7 Å². The average Bonchev–Trinajstić information content (AvgIpc) is 3.19. The zero-order valence-electron chi connectivity index (χ0n) is 15.1. The van der Waals surface area contributed by atoms with Crippen molar-refractivity contribution >= 4 is 17.6 Å². The Labute approximate surface area is 152 Å². The molecule has 1 aliphatic rings. The molecule has 138 valence electrons. The number of hydrogen-bond donors (Lipinski definition) is 2. The summed E-state index contributed by atoms with van der Waals surface area (Å²) in [6.07, 6.45) is 3.50. The normalized spacial score (nSPS) is 17.0. The first-order chi connectivity index (χ1) is 12.5. The summed E-state index contributed by atoms with van der Waals surface area (Å²) in [4.78, 5) is 26.1. The van der Waals surface area contributed by atoms with Gasteiger partial charge in [-0.25, -0.2) is 4.79 Å². The Morgan fingerprint density at radius 1 is 1.35 bits per heavy atom. The third kappa shape index (κ3) is 3.59. The minimum Gasteiger partial charge on any atom is -0.480 e. The molecule has 6 nitrogen and oxygen atoms in total. The van der Waals surface area contributed by atoms with E-state index in [1.807, 2.05) is 19.1 Å². The Morgan fingerprint density at radius 3 is 2.85 bits per heavy atom. The minimum atomic E-state index is -1.02. The fourth-order valence-electron chi connectivity index (χ4n) is 3.47. The van der Waals surface area contributed by atoms with Crippen LogP contribution in [0, 0.1) is 0 Å². The average molecular weight is 356 g/mol. The minimum absolute atomic E-state index is 0.306. The number of amides is 1. The Hall–Kier alpha value is -2.76. The van der Waals surface area contributed by atoms with Crippen molar-refractivity contribution in [3.63, 3.8) is 0 Å². The van der Waals surface area contributed by atoms with Crippen molar-refractivity contribution in [2.24, 2.45) is 0 Å². The monoisotopic (exact) mass is 356 g/mol. The molecule has 0 aliphatic carbocycles. The van der Waals surface area contributed by atoms with Crippen LogP contribution in [-0.4, -0.2) is 29.1 Å². The molecule has 1 amide bonds. The van der Waals surface area contributed by atoms with Crippen LogP contribution in [0.2, 0.25) is 0 Å². The number of aliphatic carboxylic acids is 1. The number of nitrogens with one attached hydrogen (secondary N) is 1. The number of hydrogen-bond acceptors (Lipinski definition) is 4. The van der Waals surface area contributed by atoms with Crippen LogP contribution in [0.15, 0.2) is 41.0 Å². The maximum Gasteiger partial charge on any atom is 0.326 e. The van der Waals surface area contributed by atoms with Crippen LogP contribution in [0.1, 0.15) is 48.4 Å². The number of carbonyl (C=O) groups is 2. The third-order valence-electron chi connectivity index (χ3n) is 4.83. The molecule has 1 aromatic heterocycles. The lowest BCUT2D eigenvalue weighted by Gasteiger charge is -2.24. The van der Waals surface area contributed by atoms with Gasteiger partial charge in [0.2, 0.25) is 0 Å². The number of carbonyl (C=O) groups excluding carboxylic acids is 1. The van der Waals surface area contributed by atoms with E-state index < -0.39 is 17.9 Å². The van der Waals surface area contributed by atoms with Crippen LogP contribution in [0.25, 0.3) is 0 Å². The van der Waals surface area contributed by atoms with Gasteiger partial charge in [0, 0.05) is 11.7 Å². The lowest BCUT2D eigenvalue weighted by atomic mass is 10.1. The second kappa shape index (κ2) is 7.64. The summed E-state index contributed by atoms with van der Waals surface area (Å²) < 4.78 is 5.56. The van der Waals surface area contributed by atoms with Crippen molar-refractivity contribution in [2.75, 3.05) is 4.90 Å². The SMILES string of the molecule is CCCC(NC(=O)c1ccoc1CN1c2ccccc2CC1C)C(=O)O. The molecular weight excluding hydrogens is 332 g/mol. The van der Waals surface area contributed by atoms with Crippen LogP contribution < -0.4 is 10.2 Å². The zero-order valence-corrected chi connectivity index (χ0v) is 15.1. The molecule has 0 bridgehead atoms. The highest BCUT2D eigenvalue weighted by atomic mass is 16.4. The van der Waals surface area contributed by atoms with E-state index >= 15 is 0 Å². The molecule has 1 aliphatic heterocycles. The predicted molar refractivity (Wildman–Crippen MR) is 98.3 cm³/mol. The molecule has 2 unspecified atom stereocenters. The van der Waals surface area contributed by atoms with E-state index in [0.717, 1.165) is 12.1 Å². The van der Waals surface area contributed by atoms with E-state index in [0.29, 0.717) is 36.8 Å². The number of anilines is 1. The molecule has 26 heavy (non-hydrogen) atoms. The van der Waals surface area contributed by atoms with E-state index in [4.69, 9.17) is 4.42 Å². The summed E-state index contributed by atoms with van der Waals surface area (Å²) in [5.41, 5.74) is 2.83. The highest BCUT2D eigenvalue weighted by Gasteiger charge is 2.29. The molecule has 0 fully saturated rings. The predicted octanol–water partition coefficient (Wildman–Crippen LogP) is 3.21. The van der Waals surface area contributed by atoms with Crippen molar-refractivity contribution in [1.29, 1.82) is 0 Å². The Balaban J connectivity index is 1.77. The van der Waals surface area contributed by atoms with E-state index in [1.165, 1.54) is 11.8 Å². The first-order valence-electron chi connectivity index (χ1n) is 8.95. The summed E-state index contributed by atoms with van der Waals surface area (Å²) in [5.74, 6) is -0.881. The quantitative estimate of drug-likeness (QED) is 0.796. The van der Waals surface area contributed by atoms with Gasteiger partial charge in [0.1, 0.15) is 11.8 Å². The molecule has 2 atom stereocenters. The number of para-hydroxylation sites is 1. The standard InChI is InChI=1S/C20H24N2O4/c1-3-6-16(20(24)25)21-19(23)15-9-10-26-18(15)12-22-13(2)11-14-7-4-5-8-17(14)22/h4-5,7-10,13,16H,3,6,11-12H2,1-2H3,(H,21,23)(H,24,25). The number of nitrogens with zero attached hydrogens (tertiary/aromatic N) is 1. The first-order valence-corrected chi connectivity index (χ1v) is 8.95. The number of carboxylic acids is 1. The summed E-state index contributed by atoms with van der Waals surface area (Å²) in [7, 11) is 0. The smallest absolute Gasteiger partial charge is 0.326 e. The molecule has 2 aromatic rings. The molecule has 2 N–H and O–H groups in total. The largest absolute Gasteiger partial charge is 0.480 e. The first kappa shape index (κ1) is 18.0. The van der Waals surface area contributed by atoms with Crippen molar-refractivity contribution in [3.05, 3.63) is 53.5 Å². The lowest BCUT2D eigenvalue weighted by molar-refractivity contribution is -0.139. The van der Waals surface area contributed by atoms with E-state index in [1.54, 1.807) is 6.07 Å². The van der Waals surface area contributed by atoms with Gasteiger partial charge in [0.25, 0.3) is 5.91 Å². The van der Waals surface area contributed by atoms with E-state index in [-0.39, 0.29) is 0 Å². The van der Waals surface area contributed by atoms with Crippen molar-refractivity contribution in [3.8, 4) is 0 Å². The van der Waals surface area contributed by atoms with Gasteiger partial charge < -0.3 is 19.7 Å². The Bertz CT molecular complexity index is 799. The zero-order chi connectivity index (χ0) is 18.7. The van der Waals surface area contributed by atoms with Crippen LogP contribution >= 0.6 is 0 Å². The molecule has 3 rings (SSSR count). The van der Waals surface area contributed by atoms with Gasteiger partial charge in [-0.3, -0.25) is 4.79 Å². The summed E-state index contributed by atoms with van der Waals surface area (Å²) in [5, 5.41) is 11.8. The number of fused-ring (bicyclic) bond motifs is 1.